The molecule has 0 radical (unpaired) electrons. The molecule has 1 aliphatic rings. The lowest BCUT2D eigenvalue weighted by Gasteiger charge is -2.26. The average Bonchev–Trinajstić information content (AvgIpc) is 2.79. The van der Waals surface area contributed by atoms with Crippen LogP contribution in [0.25, 0.3) is 0 Å². The summed E-state index contributed by atoms with van der Waals surface area (Å²) in [6.07, 6.45) is 1.39. The summed E-state index contributed by atoms with van der Waals surface area (Å²) in [7, 11) is 0. The Morgan fingerprint density at radius 3 is 2.47 bits per heavy atom. The monoisotopic (exact) mass is 239 g/mol. The predicted octanol–water partition coefficient (Wildman–Crippen LogP) is 3.46. The van der Waals surface area contributed by atoms with Gasteiger partial charge in [0.15, 0.2) is 0 Å². The molecule has 1 N–H and O–H groups in total. The fourth-order valence-corrected chi connectivity index (χ4v) is 2.50. The van der Waals surface area contributed by atoms with Crippen LogP contribution in [0.3, 0.4) is 0 Å². The van der Waals surface area contributed by atoms with E-state index in [1.165, 1.54) is 0 Å². The Morgan fingerprint density at radius 1 is 1.18 bits per heavy atom. The molecule has 1 heterocycles. The quantitative estimate of drug-likeness (QED) is 0.833. The van der Waals surface area contributed by atoms with Gasteiger partial charge in [0.2, 0.25) is 0 Å². The van der Waals surface area contributed by atoms with Gasteiger partial charge in [-0.15, -0.1) is 0 Å². The summed E-state index contributed by atoms with van der Waals surface area (Å²) in [5, 5.41) is 2.91. The van der Waals surface area contributed by atoms with E-state index in [0.717, 1.165) is 23.1 Å². The van der Waals surface area contributed by atoms with E-state index in [1.54, 1.807) is 19.1 Å². The fourth-order valence-electron chi connectivity index (χ4n) is 2.50. The summed E-state index contributed by atoms with van der Waals surface area (Å²) in [5.41, 5.74) is 2.95. The van der Waals surface area contributed by atoms with Crippen LogP contribution in [0.2, 0.25) is 0 Å². The number of aryl methyl sites for hydroxylation is 1. The van der Waals surface area contributed by atoms with E-state index in [4.69, 9.17) is 0 Å². The van der Waals surface area contributed by atoms with Crippen LogP contribution in [0.4, 0.5) is 8.78 Å². The van der Waals surface area contributed by atoms with E-state index in [1.807, 2.05) is 13.8 Å². The van der Waals surface area contributed by atoms with Crippen molar-refractivity contribution in [3.63, 3.8) is 0 Å². The molecule has 0 amide bonds. The minimum atomic E-state index is -2.76. The second-order valence-electron chi connectivity index (χ2n) is 4.95. The number of hydrogen-bond donors (Lipinski definition) is 1. The summed E-state index contributed by atoms with van der Waals surface area (Å²) < 4.78 is 28.7. The largest absolute Gasteiger partial charge is 0.308 e. The van der Waals surface area contributed by atoms with Crippen molar-refractivity contribution in [2.75, 3.05) is 6.54 Å². The van der Waals surface area contributed by atoms with E-state index in [9.17, 15) is 8.78 Å². The number of benzene rings is 1. The van der Waals surface area contributed by atoms with Crippen LogP contribution in [0, 0.1) is 20.8 Å². The zero-order valence-corrected chi connectivity index (χ0v) is 10.6. The molecule has 1 aromatic rings. The molecule has 3 heteroatoms. The Labute approximate surface area is 101 Å². The van der Waals surface area contributed by atoms with E-state index in [2.05, 4.69) is 5.32 Å². The highest BCUT2D eigenvalue weighted by atomic mass is 19.3. The molecular formula is C14H19F2N. The van der Waals surface area contributed by atoms with Crippen molar-refractivity contribution in [1.82, 2.24) is 5.32 Å². The maximum Gasteiger partial charge on any atom is 0.288 e. The van der Waals surface area contributed by atoms with Gasteiger partial charge in [0.05, 0.1) is 6.04 Å². The highest BCUT2D eigenvalue weighted by Crippen LogP contribution is 2.38. The molecule has 0 aliphatic carbocycles. The standard InChI is InChI=1S/C14H19F2N/c1-9-6-7-12(11(3)10(9)2)14(15,16)13-5-4-8-17-13/h6-7,13,17H,4-5,8H2,1-3H3. The van der Waals surface area contributed by atoms with Crippen LogP contribution in [-0.2, 0) is 5.92 Å². The van der Waals surface area contributed by atoms with Crippen LogP contribution in [-0.4, -0.2) is 12.6 Å². The first-order valence-corrected chi connectivity index (χ1v) is 6.13. The van der Waals surface area contributed by atoms with Crippen LogP contribution in [0.15, 0.2) is 12.1 Å². The molecule has 0 spiro atoms. The van der Waals surface area contributed by atoms with Crippen LogP contribution in [0.5, 0.6) is 0 Å². The Balaban J connectivity index is 2.42. The number of hydrogen-bond acceptors (Lipinski definition) is 1. The topological polar surface area (TPSA) is 12.0 Å². The Kier molecular flexibility index (Phi) is 3.21. The molecule has 1 aromatic carbocycles. The highest BCUT2D eigenvalue weighted by molar-refractivity contribution is 5.41. The minimum absolute atomic E-state index is 0.181. The third-order valence-corrected chi connectivity index (χ3v) is 3.92. The second-order valence-corrected chi connectivity index (χ2v) is 4.95. The third-order valence-electron chi connectivity index (χ3n) is 3.92. The van der Waals surface area contributed by atoms with Crippen LogP contribution < -0.4 is 5.32 Å². The Hall–Kier alpha value is -0.960. The third kappa shape index (κ3) is 2.08. The highest BCUT2D eigenvalue weighted by Gasteiger charge is 2.43. The van der Waals surface area contributed by atoms with Crippen molar-refractivity contribution < 1.29 is 8.78 Å². The van der Waals surface area contributed by atoms with E-state index >= 15 is 0 Å². The lowest BCUT2D eigenvalue weighted by molar-refractivity contribution is -0.0382. The van der Waals surface area contributed by atoms with Gasteiger partial charge in [-0.05, 0) is 56.8 Å². The average molecular weight is 239 g/mol. The van der Waals surface area contributed by atoms with Crippen molar-refractivity contribution in [3.05, 3.63) is 34.4 Å². The first-order valence-electron chi connectivity index (χ1n) is 6.13. The van der Waals surface area contributed by atoms with Crippen molar-refractivity contribution in [2.45, 2.75) is 45.6 Å². The van der Waals surface area contributed by atoms with Gasteiger partial charge < -0.3 is 5.32 Å². The molecule has 0 aromatic heterocycles. The van der Waals surface area contributed by atoms with Crippen molar-refractivity contribution in [1.29, 1.82) is 0 Å². The van der Waals surface area contributed by atoms with E-state index in [0.29, 0.717) is 13.0 Å². The molecular weight excluding hydrogens is 220 g/mol. The Morgan fingerprint density at radius 2 is 1.88 bits per heavy atom. The normalized spacial score (nSPS) is 20.9. The number of alkyl halides is 2. The summed E-state index contributed by atoms with van der Waals surface area (Å²) in [4.78, 5) is 0. The van der Waals surface area contributed by atoms with Crippen molar-refractivity contribution in [2.24, 2.45) is 0 Å². The smallest absolute Gasteiger partial charge is 0.288 e. The summed E-state index contributed by atoms with van der Waals surface area (Å²) >= 11 is 0. The summed E-state index contributed by atoms with van der Waals surface area (Å²) in [6, 6.07) is 2.67. The van der Waals surface area contributed by atoms with E-state index < -0.39 is 12.0 Å². The van der Waals surface area contributed by atoms with Gasteiger partial charge in [-0.3, -0.25) is 0 Å². The van der Waals surface area contributed by atoms with Gasteiger partial charge in [0.25, 0.3) is 5.92 Å². The predicted molar refractivity (Wildman–Crippen MR) is 65.6 cm³/mol. The molecule has 1 atom stereocenters. The number of halogens is 2. The van der Waals surface area contributed by atoms with Crippen LogP contribution in [0.1, 0.15) is 35.1 Å². The zero-order valence-electron chi connectivity index (χ0n) is 10.6. The fraction of sp³-hybridized carbons (Fsp3) is 0.571. The van der Waals surface area contributed by atoms with Crippen LogP contribution >= 0.6 is 0 Å². The lowest BCUT2D eigenvalue weighted by Crippen LogP contribution is -2.39. The maximum atomic E-state index is 14.4. The molecule has 0 bridgehead atoms. The summed E-state index contributed by atoms with van der Waals surface area (Å²) in [5.74, 6) is -2.76. The molecule has 94 valence electrons. The minimum Gasteiger partial charge on any atom is -0.308 e. The second kappa shape index (κ2) is 4.37. The molecule has 1 nitrogen and oxygen atoms in total. The molecule has 17 heavy (non-hydrogen) atoms. The number of nitrogens with one attached hydrogen (secondary N) is 1. The van der Waals surface area contributed by atoms with Gasteiger partial charge in [0.1, 0.15) is 0 Å². The molecule has 1 fully saturated rings. The molecule has 1 unspecified atom stereocenters. The van der Waals surface area contributed by atoms with Crippen molar-refractivity contribution >= 4 is 0 Å². The summed E-state index contributed by atoms with van der Waals surface area (Å²) in [6.45, 7) is 6.36. The maximum absolute atomic E-state index is 14.4. The zero-order chi connectivity index (χ0) is 12.6. The first-order chi connectivity index (χ1) is 7.94. The SMILES string of the molecule is Cc1ccc(C(F)(F)C2CCCN2)c(C)c1C. The number of rotatable bonds is 2. The molecule has 0 saturated carbocycles. The van der Waals surface area contributed by atoms with Gasteiger partial charge in [-0.2, -0.15) is 8.78 Å². The first kappa shape index (κ1) is 12.5. The van der Waals surface area contributed by atoms with Gasteiger partial charge in [0, 0.05) is 5.56 Å². The van der Waals surface area contributed by atoms with E-state index in [-0.39, 0.29) is 5.56 Å². The lowest BCUT2D eigenvalue weighted by atomic mass is 9.91. The van der Waals surface area contributed by atoms with Gasteiger partial charge in [-0.25, -0.2) is 0 Å². The molecule has 1 saturated heterocycles. The Bertz CT molecular complexity index is 420. The van der Waals surface area contributed by atoms with Gasteiger partial charge in [-0.1, -0.05) is 12.1 Å². The van der Waals surface area contributed by atoms with Crippen molar-refractivity contribution in [3.8, 4) is 0 Å². The van der Waals surface area contributed by atoms with Gasteiger partial charge >= 0.3 is 0 Å². The molecule has 1 aliphatic heterocycles. The molecule has 2 rings (SSSR count).